The fraction of sp³-hybridized carbons (Fsp3) is 0.600. The van der Waals surface area contributed by atoms with E-state index in [9.17, 15) is 14.7 Å². The quantitative estimate of drug-likeness (QED) is 0.741. The van der Waals surface area contributed by atoms with E-state index < -0.39 is 12.0 Å². The van der Waals surface area contributed by atoms with Crippen LogP contribution in [0.15, 0.2) is 18.2 Å². The minimum Gasteiger partial charge on any atom is -0.497 e. The third-order valence-electron chi connectivity index (χ3n) is 4.76. The SMILES string of the molecule is COc1ccc(OC)c(C2CC2C(=O)NC(CCC(C)(C)C)C(=O)O)c1. The van der Waals surface area contributed by atoms with Crippen LogP contribution in [0, 0.1) is 11.3 Å². The van der Waals surface area contributed by atoms with Crippen LogP contribution in [0.3, 0.4) is 0 Å². The van der Waals surface area contributed by atoms with E-state index >= 15 is 0 Å². The van der Waals surface area contributed by atoms with E-state index in [1.165, 1.54) is 0 Å². The fourth-order valence-corrected chi connectivity index (χ4v) is 3.07. The molecule has 0 spiro atoms. The average molecular weight is 363 g/mol. The summed E-state index contributed by atoms with van der Waals surface area (Å²) in [4.78, 5) is 24.0. The Hall–Kier alpha value is -2.24. The van der Waals surface area contributed by atoms with Crippen LogP contribution in [0.4, 0.5) is 0 Å². The van der Waals surface area contributed by atoms with Crippen LogP contribution in [-0.4, -0.2) is 37.2 Å². The van der Waals surface area contributed by atoms with Crippen LogP contribution in [0.2, 0.25) is 0 Å². The minimum atomic E-state index is -0.987. The molecule has 6 nitrogen and oxygen atoms in total. The zero-order valence-corrected chi connectivity index (χ0v) is 16.2. The van der Waals surface area contributed by atoms with Crippen molar-refractivity contribution >= 4 is 11.9 Å². The lowest BCUT2D eigenvalue weighted by molar-refractivity contribution is -0.142. The van der Waals surface area contributed by atoms with Gasteiger partial charge in [0.05, 0.1) is 14.2 Å². The first-order valence-corrected chi connectivity index (χ1v) is 8.91. The van der Waals surface area contributed by atoms with Crippen LogP contribution in [-0.2, 0) is 9.59 Å². The molecule has 1 aliphatic carbocycles. The molecular weight excluding hydrogens is 334 g/mol. The fourth-order valence-electron chi connectivity index (χ4n) is 3.07. The van der Waals surface area contributed by atoms with Crippen LogP contribution in [0.1, 0.15) is 51.5 Å². The number of rotatable bonds is 8. The second-order valence-electron chi connectivity index (χ2n) is 8.06. The zero-order valence-electron chi connectivity index (χ0n) is 16.2. The maximum atomic E-state index is 12.5. The summed E-state index contributed by atoms with van der Waals surface area (Å²) in [6, 6.07) is 4.66. The molecule has 0 radical (unpaired) electrons. The molecule has 1 saturated carbocycles. The van der Waals surface area contributed by atoms with Crippen molar-refractivity contribution in [3.8, 4) is 11.5 Å². The standard InChI is InChI=1S/C20H29NO5/c1-20(2,3)9-8-16(19(23)24)21-18(22)15-11-13(15)14-10-12(25-4)6-7-17(14)26-5/h6-7,10,13,15-16H,8-9,11H2,1-5H3,(H,21,22)(H,23,24). The topological polar surface area (TPSA) is 84.9 Å². The molecular formula is C20H29NO5. The molecule has 2 N–H and O–H groups in total. The van der Waals surface area contributed by atoms with Crippen molar-refractivity contribution in [3.05, 3.63) is 23.8 Å². The van der Waals surface area contributed by atoms with Crippen molar-refractivity contribution < 1.29 is 24.2 Å². The highest BCUT2D eigenvalue weighted by molar-refractivity contribution is 5.87. The van der Waals surface area contributed by atoms with Gasteiger partial charge in [-0.15, -0.1) is 0 Å². The number of benzene rings is 1. The summed E-state index contributed by atoms with van der Waals surface area (Å²) in [5.41, 5.74) is 0.947. The monoisotopic (exact) mass is 363 g/mol. The van der Waals surface area contributed by atoms with Gasteiger partial charge in [0.2, 0.25) is 5.91 Å². The number of carbonyl (C=O) groups excluding carboxylic acids is 1. The Morgan fingerprint density at radius 1 is 1.27 bits per heavy atom. The van der Waals surface area contributed by atoms with Crippen molar-refractivity contribution in [2.75, 3.05) is 14.2 Å². The van der Waals surface area contributed by atoms with E-state index in [1.54, 1.807) is 14.2 Å². The largest absolute Gasteiger partial charge is 0.497 e. The molecule has 1 aromatic carbocycles. The molecule has 1 aromatic rings. The molecule has 0 heterocycles. The Bertz CT molecular complexity index is 665. The number of aliphatic carboxylic acids is 1. The third kappa shape index (κ3) is 5.13. The normalized spacial score (nSPS) is 20.2. The van der Waals surface area contributed by atoms with E-state index in [1.807, 2.05) is 18.2 Å². The first kappa shape index (κ1) is 20.1. The summed E-state index contributed by atoms with van der Waals surface area (Å²) in [7, 11) is 3.19. The molecule has 2 rings (SSSR count). The summed E-state index contributed by atoms with van der Waals surface area (Å²) < 4.78 is 10.6. The Balaban J connectivity index is 2.02. The molecule has 3 atom stereocenters. The second-order valence-corrected chi connectivity index (χ2v) is 8.06. The van der Waals surface area contributed by atoms with E-state index in [-0.39, 0.29) is 23.2 Å². The number of methoxy groups -OCH3 is 2. The number of nitrogens with one attached hydrogen (secondary N) is 1. The molecule has 1 amide bonds. The molecule has 26 heavy (non-hydrogen) atoms. The Labute approximate surface area is 154 Å². The lowest BCUT2D eigenvalue weighted by atomic mass is 9.88. The summed E-state index contributed by atoms with van der Waals surface area (Å²) in [6.07, 6.45) is 1.83. The van der Waals surface area contributed by atoms with Gasteiger partial charge in [0.25, 0.3) is 0 Å². The molecule has 1 aliphatic rings. The summed E-state index contributed by atoms with van der Waals surface area (Å²) >= 11 is 0. The van der Waals surface area contributed by atoms with Gasteiger partial charge in [0.15, 0.2) is 0 Å². The summed E-state index contributed by atoms with van der Waals surface area (Å²) in [6.45, 7) is 6.17. The highest BCUT2D eigenvalue weighted by atomic mass is 16.5. The predicted octanol–water partition coefficient (Wildman–Crippen LogP) is 3.20. The second kappa shape index (κ2) is 7.98. The van der Waals surface area contributed by atoms with Gasteiger partial charge in [-0.2, -0.15) is 0 Å². The molecule has 0 aliphatic heterocycles. The number of carboxylic acids is 1. The van der Waals surface area contributed by atoms with E-state index in [4.69, 9.17) is 9.47 Å². The molecule has 0 aromatic heterocycles. The molecule has 0 saturated heterocycles. The summed E-state index contributed by atoms with van der Waals surface area (Å²) in [5, 5.41) is 12.1. The molecule has 6 heteroatoms. The first-order chi connectivity index (χ1) is 12.2. The third-order valence-corrected chi connectivity index (χ3v) is 4.76. The number of ether oxygens (including phenoxy) is 2. The van der Waals surface area contributed by atoms with Gasteiger partial charge in [0, 0.05) is 17.4 Å². The van der Waals surface area contributed by atoms with E-state index in [0.717, 1.165) is 12.0 Å². The lowest BCUT2D eigenvalue weighted by Gasteiger charge is -2.21. The first-order valence-electron chi connectivity index (χ1n) is 8.91. The van der Waals surface area contributed by atoms with Crippen molar-refractivity contribution in [2.45, 2.75) is 52.0 Å². The van der Waals surface area contributed by atoms with Crippen LogP contribution in [0.25, 0.3) is 0 Å². The molecule has 144 valence electrons. The van der Waals surface area contributed by atoms with Crippen molar-refractivity contribution in [1.29, 1.82) is 0 Å². The lowest BCUT2D eigenvalue weighted by Crippen LogP contribution is -2.42. The maximum absolute atomic E-state index is 12.5. The number of amides is 1. The maximum Gasteiger partial charge on any atom is 0.326 e. The van der Waals surface area contributed by atoms with Gasteiger partial charge in [-0.3, -0.25) is 4.79 Å². The Morgan fingerprint density at radius 3 is 2.50 bits per heavy atom. The van der Waals surface area contributed by atoms with Gasteiger partial charge in [-0.1, -0.05) is 20.8 Å². The molecule has 1 fully saturated rings. The number of hydrogen-bond acceptors (Lipinski definition) is 4. The average Bonchev–Trinajstić information content (AvgIpc) is 3.37. The smallest absolute Gasteiger partial charge is 0.326 e. The van der Waals surface area contributed by atoms with E-state index in [0.29, 0.717) is 24.3 Å². The Morgan fingerprint density at radius 2 is 1.96 bits per heavy atom. The van der Waals surface area contributed by atoms with Gasteiger partial charge in [-0.05, 0) is 42.9 Å². The zero-order chi connectivity index (χ0) is 19.5. The molecule has 0 bridgehead atoms. The highest BCUT2D eigenvalue weighted by Crippen LogP contribution is 2.51. The van der Waals surface area contributed by atoms with Crippen molar-refractivity contribution in [3.63, 3.8) is 0 Å². The Kier molecular flexibility index (Phi) is 6.16. The van der Waals surface area contributed by atoms with E-state index in [2.05, 4.69) is 26.1 Å². The van der Waals surface area contributed by atoms with Crippen LogP contribution in [0.5, 0.6) is 11.5 Å². The highest BCUT2D eigenvalue weighted by Gasteiger charge is 2.46. The predicted molar refractivity (Wildman–Crippen MR) is 98.6 cm³/mol. The van der Waals surface area contributed by atoms with Gasteiger partial charge >= 0.3 is 5.97 Å². The summed E-state index contributed by atoms with van der Waals surface area (Å²) in [5.74, 6) is 0.0265. The number of carboxylic acid groups (broad SMARTS) is 1. The van der Waals surface area contributed by atoms with Gasteiger partial charge < -0.3 is 19.9 Å². The molecule has 3 unspecified atom stereocenters. The van der Waals surface area contributed by atoms with Gasteiger partial charge in [0.1, 0.15) is 17.5 Å². The van der Waals surface area contributed by atoms with Gasteiger partial charge in [-0.25, -0.2) is 4.79 Å². The number of hydrogen-bond donors (Lipinski definition) is 2. The van der Waals surface area contributed by atoms with Crippen LogP contribution >= 0.6 is 0 Å². The number of carbonyl (C=O) groups is 2. The van der Waals surface area contributed by atoms with Crippen molar-refractivity contribution in [2.24, 2.45) is 11.3 Å². The van der Waals surface area contributed by atoms with Crippen molar-refractivity contribution in [1.82, 2.24) is 5.32 Å². The minimum absolute atomic E-state index is 0.0223. The van der Waals surface area contributed by atoms with Crippen LogP contribution < -0.4 is 14.8 Å².